The maximum absolute atomic E-state index is 3.32. The fraction of sp³-hybridized carbons (Fsp3) is 0.600. The molecule has 0 aliphatic rings. The van der Waals surface area contributed by atoms with Crippen LogP contribution in [0.2, 0.25) is 0 Å². The number of rotatable bonds is 6. The van der Waals surface area contributed by atoms with Crippen molar-refractivity contribution in [2.45, 2.75) is 18.9 Å². The van der Waals surface area contributed by atoms with E-state index in [1.165, 1.54) is 18.4 Å². The summed E-state index contributed by atoms with van der Waals surface area (Å²) in [7, 11) is 4.00. The van der Waals surface area contributed by atoms with Crippen molar-refractivity contribution >= 4 is 0 Å². The van der Waals surface area contributed by atoms with Gasteiger partial charge in [-0.05, 0) is 45.1 Å². The second kappa shape index (κ2) is 5.78. The van der Waals surface area contributed by atoms with Gasteiger partial charge in [-0.15, -0.1) is 0 Å². The Balaban J connectivity index is 2.35. The van der Waals surface area contributed by atoms with Gasteiger partial charge in [0.15, 0.2) is 0 Å². The Labute approximate surface area is 79.9 Å². The SMILES string of the molecule is CNCCCC(NC)c1cc[nH]c1. The lowest BCUT2D eigenvalue weighted by atomic mass is 10.1. The fourth-order valence-electron chi connectivity index (χ4n) is 1.51. The van der Waals surface area contributed by atoms with Crippen LogP contribution in [0.25, 0.3) is 0 Å². The van der Waals surface area contributed by atoms with E-state index in [9.17, 15) is 0 Å². The van der Waals surface area contributed by atoms with Gasteiger partial charge in [-0.2, -0.15) is 0 Å². The van der Waals surface area contributed by atoms with Crippen LogP contribution in [0, 0.1) is 0 Å². The van der Waals surface area contributed by atoms with E-state index >= 15 is 0 Å². The monoisotopic (exact) mass is 181 g/mol. The maximum atomic E-state index is 3.32. The Hall–Kier alpha value is -0.800. The Bertz CT molecular complexity index is 206. The quantitative estimate of drug-likeness (QED) is 0.578. The molecule has 3 nitrogen and oxygen atoms in total. The summed E-state index contributed by atoms with van der Waals surface area (Å²) in [5.74, 6) is 0. The minimum absolute atomic E-state index is 0.486. The highest BCUT2D eigenvalue weighted by molar-refractivity contribution is 5.13. The van der Waals surface area contributed by atoms with Crippen molar-refractivity contribution in [3.05, 3.63) is 24.0 Å². The van der Waals surface area contributed by atoms with Gasteiger partial charge in [0.1, 0.15) is 0 Å². The zero-order valence-corrected chi connectivity index (χ0v) is 8.43. The molecule has 0 amide bonds. The average molecular weight is 181 g/mol. The van der Waals surface area contributed by atoms with Gasteiger partial charge in [-0.1, -0.05) is 0 Å². The number of nitrogens with one attached hydrogen (secondary N) is 3. The van der Waals surface area contributed by atoms with Crippen LogP contribution in [0.3, 0.4) is 0 Å². The lowest BCUT2D eigenvalue weighted by Gasteiger charge is -2.14. The summed E-state index contributed by atoms with van der Waals surface area (Å²) in [4.78, 5) is 3.08. The van der Waals surface area contributed by atoms with Gasteiger partial charge < -0.3 is 15.6 Å². The van der Waals surface area contributed by atoms with Crippen LogP contribution in [-0.4, -0.2) is 25.6 Å². The zero-order chi connectivity index (χ0) is 9.52. The number of hydrogen-bond acceptors (Lipinski definition) is 2. The second-order valence-electron chi connectivity index (χ2n) is 3.23. The molecule has 1 atom stereocenters. The molecule has 1 unspecified atom stereocenters. The summed E-state index contributed by atoms with van der Waals surface area (Å²) in [5, 5.41) is 6.47. The molecule has 0 bridgehead atoms. The largest absolute Gasteiger partial charge is 0.367 e. The third kappa shape index (κ3) is 3.20. The van der Waals surface area contributed by atoms with Crippen molar-refractivity contribution in [2.75, 3.05) is 20.6 Å². The molecule has 1 aromatic rings. The molecule has 0 aliphatic carbocycles. The molecule has 0 saturated carbocycles. The van der Waals surface area contributed by atoms with E-state index in [1.807, 2.05) is 20.3 Å². The molecule has 3 N–H and O–H groups in total. The van der Waals surface area contributed by atoms with E-state index in [4.69, 9.17) is 0 Å². The molecular formula is C10H19N3. The molecule has 0 saturated heterocycles. The third-order valence-electron chi connectivity index (χ3n) is 2.29. The van der Waals surface area contributed by atoms with E-state index in [1.54, 1.807) is 0 Å². The van der Waals surface area contributed by atoms with Gasteiger partial charge in [0.05, 0.1) is 0 Å². The van der Waals surface area contributed by atoms with Gasteiger partial charge in [0, 0.05) is 18.4 Å². The summed E-state index contributed by atoms with van der Waals surface area (Å²) in [6, 6.07) is 2.61. The van der Waals surface area contributed by atoms with Crippen LogP contribution in [-0.2, 0) is 0 Å². The van der Waals surface area contributed by atoms with E-state index in [0.717, 1.165) is 6.54 Å². The summed E-state index contributed by atoms with van der Waals surface area (Å²) in [6.07, 6.45) is 6.40. The molecule has 0 fully saturated rings. The first-order valence-electron chi connectivity index (χ1n) is 4.83. The molecular weight excluding hydrogens is 162 g/mol. The highest BCUT2D eigenvalue weighted by Crippen LogP contribution is 2.16. The lowest BCUT2D eigenvalue weighted by Crippen LogP contribution is -2.18. The smallest absolute Gasteiger partial charge is 0.0332 e. The molecule has 0 aromatic carbocycles. The first-order chi connectivity index (χ1) is 6.38. The Morgan fingerprint density at radius 3 is 2.85 bits per heavy atom. The Morgan fingerprint density at radius 2 is 2.31 bits per heavy atom. The van der Waals surface area contributed by atoms with Crippen LogP contribution >= 0.6 is 0 Å². The molecule has 3 heteroatoms. The van der Waals surface area contributed by atoms with Gasteiger partial charge >= 0.3 is 0 Å². The van der Waals surface area contributed by atoms with Crippen molar-refractivity contribution in [2.24, 2.45) is 0 Å². The van der Waals surface area contributed by atoms with Crippen LogP contribution in [0.5, 0.6) is 0 Å². The van der Waals surface area contributed by atoms with Crippen molar-refractivity contribution in [1.82, 2.24) is 15.6 Å². The van der Waals surface area contributed by atoms with Gasteiger partial charge in [0.2, 0.25) is 0 Å². The van der Waals surface area contributed by atoms with Crippen LogP contribution in [0.4, 0.5) is 0 Å². The third-order valence-corrected chi connectivity index (χ3v) is 2.29. The minimum atomic E-state index is 0.486. The number of H-pyrrole nitrogens is 1. The Morgan fingerprint density at radius 1 is 1.46 bits per heavy atom. The van der Waals surface area contributed by atoms with Crippen LogP contribution < -0.4 is 10.6 Å². The van der Waals surface area contributed by atoms with Crippen LogP contribution in [0.1, 0.15) is 24.4 Å². The highest BCUT2D eigenvalue weighted by Gasteiger charge is 2.07. The number of hydrogen-bond donors (Lipinski definition) is 3. The normalized spacial score (nSPS) is 13.1. The van der Waals surface area contributed by atoms with Crippen molar-refractivity contribution in [3.8, 4) is 0 Å². The summed E-state index contributed by atoms with van der Waals surface area (Å²) >= 11 is 0. The molecule has 0 aliphatic heterocycles. The highest BCUT2D eigenvalue weighted by atomic mass is 14.9. The van der Waals surface area contributed by atoms with Gasteiger partial charge in [-0.3, -0.25) is 0 Å². The summed E-state index contributed by atoms with van der Waals surface area (Å²) in [6.45, 7) is 1.09. The second-order valence-corrected chi connectivity index (χ2v) is 3.23. The zero-order valence-electron chi connectivity index (χ0n) is 8.43. The van der Waals surface area contributed by atoms with E-state index < -0.39 is 0 Å². The molecule has 1 heterocycles. The predicted octanol–water partition coefficient (Wildman–Crippen LogP) is 1.27. The maximum Gasteiger partial charge on any atom is 0.0332 e. The van der Waals surface area contributed by atoms with Crippen molar-refractivity contribution in [3.63, 3.8) is 0 Å². The average Bonchev–Trinajstić information content (AvgIpc) is 2.65. The van der Waals surface area contributed by atoms with Gasteiger partial charge in [-0.25, -0.2) is 0 Å². The Kier molecular flexibility index (Phi) is 4.57. The van der Waals surface area contributed by atoms with E-state index in [2.05, 4.69) is 27.9 Å². The van der Waals surface area contributed by atoms with Crippen LogP contribution in [0.15, 0.2) is 18.5 Å². The van der Waals surface area contributed by atoms with E-state index in [-0.39, 0.29) is 0 Å². The number of aromatic nitrogens is 1. The minimum Gasteiger partial charge on any atom is -0.367 e. The van der Waals surface area contributed by atoms with Gasteiger partial charge in [0.25, 0.3) is 0 Å². The fourth-order valence-corrected chi connectivity index (χ4v) is 1.51. The van der Waals surface area contributed by atoms with Crippen molar-refractivity contribution < 1.29 is 0 Å². The topological polar surface area (TPSA) is 39.8 Å². The molecule has 1 aromatic heterocycles. The molecule has 0 spiro atoms. The molecule has 74 valence electrons. The number of aromatic amines is 1. The molecule has 0 radical (unpaired) electrons. The predicted molar refractivity (Wildman–Crippen MR) is 55.8 cm³/mol. The molecule has 1 rings (SSSR count). The first-order valence-corrected chi connectivity index (χ1v) is 4.83. The lowest BCUT2D eigenvalue weighted by molar-refractivity contribution is 0.519. The van der Waals surface area contributed by atoms with Crippen molar-refractivity contribution in [1.29, 1.82) is 0 Å². The van der Waals surface area contributed by atoms with E-state index in [0.29, 0.717) is 6.04 Å². The molecule has 13 heavy (non-hydrogen) atoms. The summed E-state index contributed by atoms with van der Waals surface area (Å²) < 4.78 is 0. The first kappa shape index (κ1) is 10.3. The summed E-state index contributed by atoms with van der Waals surface area (Å²) in [5.41, 5.74) is 1.35. The standard InChI is InChI=1S/C10H19N3/c1-11-6-3-4-10(12-2)9-5-7-13-8-9/h5,7-8,10-13H,3-4,6H2,1-2H3.